The van der Waals surface area contributed by atoms with Crippen molar-refractivity contribution in [2.45, 2.75) is 32.4 Å². The first-order chi connectivity index (χ1) is 11.3. The van der Waals surface area contributed by atoms with E-state index < -0.39 is 11.5 Å². The van der Waals surface area contributed by atoms with Crippen LogP contribution in [0.2, 0.25) is 0 Å². The Hall–Kier alpha value is -2.56. The Morgan fingerprint density at radius 1 is 1.29 bits per heavy atom. The summed E-state index contributed by atoms with van der Waals surface area (Å²) >= 11 is 0. The van der Waals surface area contributed by atoms with E-state index in [1.807, 2.05) is 19.1 Å². The molecule has 1 aliphatic carbocycles. The lowest BCUT2D eigenvalue weighted by atomic mass is 9.65. The third-order valence-electron chi connectivity index (χ3n) is 4.98. The number of fused-ring (bicyclic) bond motifs is 1. The van der Waals surface area contributed by atoms with Crippen molar-refractivity contribution in [2.75, 3.05) is 12.0 Å². The lowest BCUT2D eigenvalue weighted by molar-refractivity contribution is -0.151. The van der Waals surface area contributed by atoms with E-state index in [4.69, 9.17) is 9.47 Å². The minimum Gasteiger partial charge on any atom is -0.497 e. The topological polar surface area (TPSA) is 55.8 Å². The number of ether oxygens (including phenoxy) is 2. The molecule has 1 aliphatic heterocycles. The minimum atomic E-state index is -0.833. The zero-order valence-corrected chi connectivity index (χ0v) is 14.2. The molecule has 2 aliphatic rings. The normalized spacial score (nSPS) is 28.2. The quantitative estimate of drug-likeness (QED) is 0.485. The van der Waals surface area contributed by atoms with Crippen LogP contribution in [0.1, 0.15) is 20.3 Å². The first kappa shape index (κ1) is 16.3. The number of hydrogen-bond acceptors (Lipinski definition) is 4. The molecule has 1 saturated heterocycles. The number of rotatable bonds is 4. The Labute approximate surface area is 141 Å². The van der Waals surface area contributed by atoms with Gasteiger partial charge >= 0.3 is 5.97 Å². The van der Waals surface area contributed by atoms with Gasteiger partial charge in [0.1, 0.15) is 17.3 Å². The number of esters is 1. The number of carbonyl (C=O) groups excluding carboxylic acids is 2. The number of benzene rings is 1. The SMILES string of the molecule is C=C(C)[C@@]12C(=C)C[C@@H](OC(C)=O)[C@@H]1N(c1ccc(OC)cc1)C2=O. The number of nitrogens with zero attached hydrogens (tertiary/aromatic N) is 1. The molecule has 5 heteroatoms. The Balaban J connectivity index is 2.02. The van der Waals surface area contributed by atoms with Crippen molar-refractivity contribution in [2.24, 2.45) is 5.41 Å². The molecule has 1 aromatic rings. The number of β-lactam (4-membered cyclic amide) rings is 1. The molecule has 1 heterocycles. The second-order valence-corrected chi connectivity index (χ2v) is 6.36. The third-order valence-corrected chi connectivity index (χ3v) is 4.98. The lowest BCUT2D eigenvalue weighted by Gasteiger charge is -2.54. The van der Waals surface area contributed by atoms with Crippen LogP contribution in [0.5, 0.6) is 5.75 Å². The van der Waals surface area contributed by atoms with E-state index in [1.165, 1.54) is 6.92 Å². The number of carbonyl (C=O) groups is 2. The highest BCUT2D eigenvalue weighted by Crippen LogP contribution is 2.59. The van der Waals surface area contributed by atoms with Gasteiger partial charge in [0.05, 0.1) is 13.2 Å². The second-order valence-electron chi connectivity index (χ2n) is 6.36. The summed E-state index contributed by atoms with van der Waals surface area (Å²) in [6, 6.07) is 6.95. The fourth-order valence-corrected chi connectivity index (χ4v) is 3.97. The van der Waals surface area contributed by atoms with Crippen LogP contribution in [-0.4, -0.2) is 31.1 Å². The first-order valence-electron chi connectivity index (χ1n) is 7.83. The van der Waals surface area contributed by atoms with Crippen LogP contribution < -0.4 is 9.64 Å². The number of hydrogen-bond donors (Lipinski definition) is 0. The van der Waals surface area contributed by atoms with Crippen LogP contribution in [-0.2, 0) is 14.3 Å². The monoisotopic (exact) mass is 327 g/mol. The molecule has 1 aromatic carbocycles. The molecule has 0 unspecified atom stereocenters. The second kappa shape index (κ2) is 5.51. The summed E-state index contributed by atoms with van der Waals surface area (Å²) in [5.41, 5.74) is 1.41. The fourth-order valence-electron chi connectivity index (χ4n) is 3.97. The molecule has 0 aromatic heterocycles. The van der Waals surface area contributed by atoms with Gasteiger partial charge in [0.25, 0.3) is 0 Å². The summed E-state index contributed by atoms with van der Waals surface area (Å²) in [7, 11) is 1.59. The smallest absolute Gasteiger partial charge is 0.302 e. The maximum Gasteiger partial charge on any atom is 0.302 e. The van der Waals surface area contributed by atoms with Crippen molar-refractivity contribution in [1.82, 2.24) is 0 Å². The van der Waals surface area contributed by atoms with Crippen LogP contribution in [0.3, 0.4) is 0 Å². The van der Waals surface area contributed by atoms with Crippen LogP contribution in [0.4, 0.5) is 5.69 Å². The van der Waals surface area contributed by atoms with Gasteiger partial charge in [0.2, 0.25) is 5.91 Å². The van der Waals surface area contributed by atoms with Gasteiger partial charge < -0.3 is 14.4 Å². The van der Waals surface area contributed by atoms with Crippen molar-refractivity contribution < 1.29 is 19.1 Å². The first-order valence-corrected chi connectivity index (χ1v) is 7.83. The van der Waals surface area contributed by atoms with Gasteiger partial charge in [-0.3, -0.25) is 9.59 Å². The highest BCUT2D eigenvalue weighted by molar-refractivity contribution is 6.11. The van der Waals surface area contributed by atoms with E-state index in [2.05, 4.69) is 13.2 Å². The molecule has 0 spiro atoms. The van der Waals surface area contributed by atoms with Crippen molar-refractivity contribution >= 4 is 17.6 Å². The van der Waals surface area contributed by atoms with Gasteiger partial charge in [0.15, 0.2) is 0 Å². The van der Waals surface area contributed by atoms with E-state index in [1.54, 1.807) is 24.1 Å². The van der Waals surface area contributed by atoms with Gasteiger partial charge in [-0.15, -0.1) is 0 Å². The molecular formula is C19H21NO4. The van der Waals surface area contributed by atoms with Crippen molar-refractivity contribution in [1.29, 1.82) is 0 Å². The molecule has 1 amide bonds. The Kier molecular flexibility index (Phi) is 3.74. The van der Waals surface area contributed by atoms with E-state index in [9.17, 15) is 9.59 Å². The van der Waals surface area contributed by atoms with Crippen molar-refractivity contribution in [3.8, 4) is 5.75 Å². The third kappa shape index (κ3) is 2.00. The zero-order chi connectivity index (χ0) is 17.6. The largest absolute Gasteiger partial charge is 0.497 e. The Morgan fingerprint density at radius 3 is 2.42 bits per heavy atom. The van der Waals surface area contributed by atoms with Crippen LogP contribution in [0.25, 0.3) is 0 Å². The van der Waals surface area contributed by atoms with Gasteiger partial charge in [0, 0.05) is 19.0 Å². The Bertz CT molecular complexity index is 736. The summed E-state index contributed by atoms with van der Waals surface area (Å²) in [6.45, 7) is 11.3. The van der Waals surface area contributed by atoms with Crippen molar-refractivity contribution in [3.63, 3.8) is 0 Å². The molecule has 2 fully saturated rings. The molecular weight excluding hydrogens is 306 g/mol. The maximum absolute atomic E-state index is 13.0. The average molecular weight is 327 g/mol. The Morgan fingerprint density at radius 2 is 1.92 bits per heavy atom. The minimum absolute atomic E-state index is 0.0650. The van der Waals surface area contributed by atoms with Gasteiger partial charge in [-0.05, 0) is 31.2 Å². The highest BCUT2D eigenvalue weighted by atomic mass is 16.5. The molecule has 0 N–H and O–H groups in total. The predicted octanol–water partition coefficient (Wildman–Crippen LogP) is 2.86. The van der Waals surface area contributed by atoms with Gasteiger partial charge in [-0.1, -0.05) is 24.3 Å². The number of amides is 1. The van der Waals surface area contributed by atoms with Gasteiger partial charge in [-0.2, -0.15) is 0 Å². The van der Waals surface area contributed by atoms with Gasteiger partial charge in [-0.25, -0.2) is 0 Å². The van der Waals surface area contributed by atoms with E-state index in [0.29, 0.717) is 12.2 Å². The number of methoxy groups -OCH3 is 1. The molecule has 0 bridgehead atoms. The maximum atomic E-state index is 13.0. The fraction of sp³-hybridized carbons (Fsp3) is 0.368. The molecule has 5 nitrogen and oxygen atoms in total. The van der Waals surface area contributed by atoms with E-state index in [-0.39, 0.29) is 17.9 Å². The lowest BCUT2D eigenvalue weighted by Crippen LogP contribution is -2.71. The molecule has 24 heavy (non-hydrogen) atoms. The molecule has 3 atom stereocenters. The zero-order valence-electron chi connectivity index (χ0n) is 14.2. The summed E-state index contributed by atoms with van der Waals surface area (Å²) in [5, 5.41) is 0. The molecule has 3 rings (SSSR count). The molecule has 0 radical (unpaired) electrons. The van der Waals surface area contributed by atoms with Crippen LogP contribution in [0.15, 0.2) is 48.6 Å². The summed E-state index contributed by atoms with van der Waals surface area (Å²) in [5.74, 6) is 0.286. The van der Waals surface area contributed by atoms with Crippen molar-refractivity contribution in [3.05, 3.63) is 48.6 Å². The average Bonchev–Trinajstić information content (AvgIpc) is 2.76. The standard InChI is InChI=1S/C19H21NO4/c1-11(2)19-12(3)10-16(24-13(4)21)17(19)20(18(19)22)14-6-8-15(23-5)9-7-14/h6-9,16-17H,1,3,10H2,2,4-5H3/t16-,17+,19-/m1/s1. The van der Waals surface area contributed by atoms with E-state index in [0.717, 1.165) is 16.8 Å². The molecule has 1 saturated carbocycles. The predicted molar refractivity (Wildman–Crippen MR) is 90.8 cm³/mol. The number of anilines is 1. The summed E-state index contributed by atoms with van der Waals surface area (Å²) < 4.78 is 10.6. The molecule has 126 valence electrons. The summed E-state index contributed by atoms with van der Waals surface area (Å²) in [6.07, 6.45) is 0.0571. The summed E-state index contributed by atoms with van der Waals surface area (Å²) in [4.78, 5) is 26.2. The highest BCUT2D eigenvalue weighted by Gasteiger charge is 2.70. The van der Waals surface area contributed by atoms with E-state index >= 15 is 0 Å². The van der Waals surface area contributed by atoms with Crippen LogP contribution in [0, 0.1) is 5.41 Å². The van der Waals surface area contributed by atoms with Crippen LogP contribution >= 0.6 is 0 Å².